The maximum absolute atomic E-state index is 2.31. The van der Waals surface area contributed by atoms with Gasteiger partial charge in [0.25, 0.3) is 0 Å². The Morgan fingerprint density at radius 3 is 1.00 bits per heavy atom. The molecule has 0 unspecified atom stereocenters. The third-order valence-corrected chi connectivity index (χ3v) is 8.76. The second kappa shape index (κ2) is 9.72. The number of fused-ring (bicyclic) bond motifs is 4. The van der Waals surface area contributed by atoms with Crippen LogP contribution in [0.15, 0.2) is 146 Å². The van der Waals surface area contributed by atoms with Crippen molar-refractivity contribution in [3.63, 3.8) is 0 Å². The molecule has 8 aromatic carbocycles. The van der Waals surface area contributed by atoms with Crippen molar-refractivity contribution in [2.75, 3.05) is 0 Å². The molecule has 0 spiro atoms. The maximum Gasteiger partial charge on any atom is -0.00139 e. The van der Waals surface area contributed by atoms with Crippen LogP contribution in [0.5, 0.6) is 0 Å². The van der Waals surface area contributed by atoms with E-state index in [1.807, 2.05) is 0 Å². The van der Waals surface area contributed by atoms with Gasteiger partial charge in [-0.2, -0.15) is 0 Å². The van der Waals surface area contributed by atoms with Crippen LogP contribution in [0.25, 0.3) is 76.5 Å². The minimum Gasteiger partial charge on any atom is -0.0616 e. The van der Waals surface area contributed by atoms with Gasteiger partial charge in [0.05, 0.1) is 0 Å². The van der Waals surface area contributed by atoms with Crippen molar-refractivity contribution in [3.05, 3.63) is 157 Å². The van der Waals surface area contributed by atoms with Gasteiger partial charge in [-0.05, 0) is 90.3 Å². The van der Waals surface area contributed by atoms with E-state index in [0.717, 1.165) is 0 Å². The summed E-state index contributed by atoms with van der Waals surface area (Å²) in [5.74, 6) is 0. The third-order valence-electron chi connectivity index (χ3n) is 8.76. The van der Waals surface area contributed by atoms with Gasteiger partial charge in [-0.1, -0.05) is 157 Å². The van der Waals surface area contributed by atoms with Crippen molar-refractivity contribution in [3.8, 4) is 33.4 Å². The Kier molecular flexibility index (Phi) is 5.69. The lowest BCUT2D eigenvalue weighted by atomic mass is 9.81. The minimum absolute atomic E-state index is 1.25. The highest BCUT2D eigenvalue weighted by Crippen LogP contribution is 2.49. The molecule has 0 fully saturated rings. The van der Waals surface area contributed by atoms with Gasteiger partial charge in [-0.15, -0.1) is 0 Å². The van der Waals surface area contributed by atoms with Crippen LogP contribution in [0.3, 0.4) is 0 Å². The van der Waals surface area contributed by atoms with Crippen molar-refractivity contribution in [2.24, 2.45) is 0 Å². The van der Waals surface area contributed by atoms with Crippen LogP contribution in [-0.4, -0.2) is 0 Å². The van der Waals surface area contributed by atoms with E-state index < -0.39 is 0 Å². The Morgan fingerprint density at radius 2 is 0.619 bits per heavy atom. The SMILES string of the molecule is Cc1ccc(-c2c3ccccc3c(-c3c4ccccc4c(-c4cccc(C)c4)c4ccccc34)c3ccccc23)cc1. The topological polar surface area (TPSA) is 0 Å². The van der Waals surface area contributed by atoms with Gasteiger partial charge in [0.1, 0.15) is 0 Å². The van der Waals surface area contributed by atoms with Crippen molar-refractivity contribution >= 4 is 43.1 Å². The molecule has 0 amide bonds. The predicted octanol–water partition coefficient (Wildman–Crippen LogP) is 11.9. The number of rotatable bonds is 3. The zero-order valence-electron chi connectivity index (χ0n) is 23.9. The van der Waals surface area contributed by atoms with Gasteiger partial charge in [0, 0.05) is 0 Å². The summed E-state index contributed by atoms with van der Waals surface area (Å²) < 4.78 is 0. The fourth-order valence-corrected chi connectivity index (χ4v) is 6.94. The van der Waals surface area contributed by atoms with Gasteiger partial charge >= 0.3 is 0 Å². The smallest absolute Gasteiger partial charge is 0.00139 e. The van der Waals surface area contributed by atoms with E-state index in [0.29, 0.717) is 0 Å². The molecule has 0 N–H and O–H groups in total. The van der Waals surface area contributed by atoms with Crippen molar-refractivity contribution in [1.29, 1.82) is 0 Å². The van der Waals surface area contributed by atoms with Crippen molar-refractivity contribution < 1.29 is 0 Å². The zero-order chi connectivity index (χ0) is 28.2. The Morgan fingerprint density at radius 1 is 0.262 bits per heavy atom. The zero-order valence-corrected chi connectivity index (χ0v) is 23.9. The first kappa shape index (κ1) is 24.6. The van der Waals surface area contributed by atoms with E-state index in [1.54, 1.807) is 0 Å². The van der Waals surface area contributed by atoms with Crippen molar-refractivity contribution in [2.45, 2.75) is 13.8 Å². The van der Waals surface area contributed by atoms with Crippen LogP contribution >= 0.6 is 0 Å². The first-order valence-electron chi connectivity index (χ1n) is 14.7. The molecular weight excluding hydrogens is 504 g/mol. The third kappa shape index (κ3) is 3.76. The van der Waals surface area contributed by atoms with Gasteiger partial charge in [-0.3, -0.25) is 0 Å². The van der Waals surface area contributed by atoms with Crippen LogP contribution in [-0.2, 0) is 0 Å². The number of hydrogen-bond donors (Lipinski definition) is 0. The molecule has 8 aromatic rings. The molecule has 0 aliphatic carbocycles. The van der Waals surface area contributed by atoms with Gasteiger partial charge < -0.3 is 0 Å². The van der Waals surface area contributed by atoms with Gasteiger partial charge in [0.15, 0.2) is 0 Å². The van der Waals surface area contributed by atoms with Gasteiger partial charge in [0.2, 0.25) is 0 Å². The van der Waals surface area contributed by atoms with Gasteiger partial charge in [-0.25, -0.2) is 0 Å². The lowest BCUT2D eigenvalue weighted by Crippen LogP contribution is -1.94. The molecule has 0 saturated heterocycles. The van der Waals surface area contributed by atoms with E-state index in [-0.39, 0.29) is 0 Å². The lowest BCUT2D eigenvalue weighted by molar-refractivity contribution is 1.47. The number of benzene rings is 8. The van der Waals surface area contributed by atoms with Crippen LogP contribution in [0, 0.1) is 13.8 Å². The Hall–Kier alpha value is -5.20. The molecule has 0 nitrogen and oxygen atoms in total. The summed E-state index contributed by atoms with van der Waals surface area (Å²) in [6, 6.07) is 53.8. The second-order valence-electron chi connectivity index (χ2n) is 11.4. The summed E-state index contributed by atoms with van der Waals surface area (Å²) in [5.41, 5.74) is 10.3. The first-order valence-corrected chi connectivity index (χ1v) is 14.7. The largest absolute Gasteiger partial charge is 0.0616 e. The highest BCUT2D eigenvalue weighted by atomic mass is 14.2. The first-order chi connectivity index (χ1) is 20.7. The molecule has 198 valence electrons. The van der Waals surface area contributed by atoms with E-state index in [1.165, 1.54) is 87.6 Å². The Labute approximate surface area is 246 Å². The van der Waals surface area contributed by atoms with Crippen LogP contribution < -0.4 is 0 Å². The summed E-state index contributed by atoms with van der Waals surface area (Å²) in [6.45, 7) is 4.33. The summed E-state index contributed by atoms with van der Waals surface area (Å²) >= 11 is 0. The monoisotopic (exact) mass is 534 g/mol. The molecule has 0 heterocycles. The minimum atomic E-state index is 1.25. The van der Waals surface area contributed by atoms with Crippen LogP contribution in [0.4, 0.5) is 0 Å². The second-order valence-corrected chi connectivity index (χ2v) is 11.4. The molecule has 42 heavy (non-hydrogen) atoms. The molecule has 0 aliphatic heterocycles. The molecular formula is C42H30. The molecule has 0 atom stereocenters. The highest BCUT2D eigenvalue weighted by Gasteiger charge is 2.22. The van der Waals surface area contributed by atoms with Crippen LogP contribution in [0.1, 0.15) is 11.1 Å². The highest BCUT2D eigenvalue weighted by molar-refractivity contribution is 6.29. The Bertz CT molecular complexity index is 2190. The average molecular weight is 535 g/mol. The standard InChI is InChI=1S/C42H30/c1-27-22-24-29(25-23-27)39-31-14-3-7-18-35(31)41(36-19-8-4-15-32(36)39)42-37-20-9-5-16-33(37)40(30-13-11-12-28(2)26-30)34-17-6-10-21-38(34)42/h3-26H,1-2H3. The normalized spacial score (nSPS) is 11.6. The maximum atomic E-state index is 2.31. The summed E-state index contributed by atoms with van der Waals surface area (Å²) in [5, 5.41) is 10.3. The van der Waals surface area contributed by atoms with E-state index in [2.05, 4.69) is 159 Å². The van der Waals surface area contributed by atoms with E-state index >= 15 is 0 Å². The lowest BCUT2D eigenvalue weighted by Gasteiger charge is -2.22. The summed E-state index contributed by atoms with van der Waals surface area (Å²) in [6.07, 6.45) is 0. The molecule has 0 aromatic heterocycles. The molecule has 0 bridgehead atoms. The molecule has 8 rings (SSSR count). The summed E-state index contributed by atoms with van der Waals surface area (Å²) in [4.78, 5) is 0. The van der Waals surface area contributed by atoms with E-state index in [4.69, 9.17) is 0 Å². The predicted molar refractivity (Wildman–Crippen MR) is 182 cm³/mol. The average Bonchev–Trinajstić information content (AvgIpc) is 3.03. The molecule has 0 saturated carbocycles. The van der Waals surface area contributed by atoms with Crippen LogP contribution in [0.2, 0.25) is 0 Å². The summed E-state index contributed by atoms with van der Waals surface area (Å²) in [7, 11) is 0. The number of hydrogen-bond acceptors (Lipinski definition) is 0. The quantitative estimate of drug-likeness (QED) is 0.198. The fraction of sp³-hybridized carbons (Fsp3) is 0.0476. The fourth-order valence-electron chi connectivity index (χ4n) is 6.94. The molecule has 0 heteroatoms. The Balaban J connectivity index is 1.59. The molecule has 0 aliphatic rings. The number of aryl methyl sites for hydroxylation is 2. The van der Waals surface area contributed by atoms with E-state index in [9.17, 15) is 0 Å². The molecule has 0 radical (unpaired) electrons. The van der Waals surface area contributed by atoms with Crippen molar-refractivity contribution in [1.82, 2.24) is 0 Å².